The second kappa shape index (κ2) is 5.54. The first kappa shape index (κ1) is 14.2. The summed E-state index contributed by atoms with van der Waals surface area (Å²) in [6, 6.07) is 12.6. The highest BCUT2D eigenvalue weighted by molar-refractivity contribution is 5.76. The molecule has 7 nitrogen and oxygen atoms in total. The molecular weight excluding hydrogens is 282 g/mol. The van der Waals surface area contributed by atoms with Gasteiger partial charge in [0, 0.05) is 19.3 Å². The van der Waals surface area contributed by atoms with Crippen molar-refractivity contribution in [2.75, 3.05) is 0 Å². The number of aryl methyl sites for hydroxylation is 1. The first-order chi connectivity index (χ1) is 10.6. The van der Waals surface area contributed by atoms with Gasteiger partial charge in [-0.15, -0.1) is 0 Å². The zero-order valence-corrected chi connectivity index (χ0v) is 11.8. The van der Waals surface area contributed by atoms with Crippen molar-refractivity contribution in [2.45, 2.75) is 5.92 Å². The number of hydrogen-bond donors (Lipinski definition) is 2. The maximum atomic E-state index is 11.4. The van der Waals surface area contributed by atoms with Crippen LogP contribution in [-0.4, -0.2) is 19.7 Å². The number of nitriles is 1. The summed E-state index contributed by atoms with van der Waals surface area (Å²) < 4.78 is 1.80. The quantitative estimate of drug-likeness (QED) is 0.702. The van der Waals surface area contributed by atoms with Crippen molar-refractivity contribution < 1.29 is 10.4 Å². The standard InChI is InChI=1S/C15H13N5O2/c1-19-12-6-3-2-5-11(12)18-15(19)10(9-16)14-13(20(21)22)7-4-8-17-14/h2-8,10,20-21H,1H3/t10-/m1/s1. The predicted molar refractivity (Wildman–Crippen MR) is 78.2 cm³/mol. The number of benzene rings is 1. The van der Waals surface area contributed by atoms with Crippen molar-refractivity contribution >= 4 is 16.7 Å². The summed E-state index contributed by atoms with van der Waals surface area (Å²) >= 11 is 0. The summed E-state index contributed by atoms with van der Waals surface area (Å²) in [6.45, 7) is 0. The number of rotatable bonds is 3. The van der Waals surface area contributed by atoms with E-state index < -0.39 is 11.1 Å². The largest absolute Gasteiger partial charge is 0.595 e. The fourth-order valence-electron chi connectivity index (χ4n) is 2.49. The van der Waals surface area contributed by atoms with Gasteiger partial charge in [0.1, 0.15) is 11.5 Å². The molecule has 1 aromatic carbocycles. The summed E-state index contributed by atoms with van der Waals surface area (Å²) in [5.74, 6) is -0.366. The fraction of sp³-hybridized carbons (Fsp3) is 0.133. The molecule has 2 atom stereocenters. The molecule has 0 aliphatic carbocycles. The molecule has 3 rings (SSSR count). The van der Waals surface area contributed by atoms with Crippen LogP contribution in [0, 0.1) is 16.5 Å². The zero-order chi connectivity index (χ0) is 15.7. The lowest BCUT2D eigenvalue weighted by Crippen LogP contribution is -2.99. The number of pyridine rings is 1. The average Bonchev–Trinajstić information content (AvgIpc) is 2.86. The lowest BCUT2D eigenvalue weighted by Gasteiger charge is -2.17. The van der Waals surface area contributed by atoms with Gasteiger partial charge in [-0.05, 0) is 18.2 Å². The van der Waals surface area contributed by atoms with Crippen LogP contribution in [0.25, 0.3) is 11.0 Å². The molecule has 0 saturated heterocycles. The average molecular weight is 295 g/mol. The Morgan fingerprint density at radius 3 is 2.77 bits per heavy atom. The topological polar surface area (TPSA) is 102 Å². The lowest BCUT2D eigenvalue weighted by molar-refractivity contribution is -0.991. The summed E-state index contributed by atoms with van der Waals surface area (Å²) in [4.78, 5) is 8.57. The minimum atomic E-state index is -1.11. The van der Waals surface area contributed by atoms with Crippen molar-refractivity contribution in [3.8, 4) is 6.07 Å². The van der Waals surface area contributed by atoms with Gasteiger partial charge in [0.2, 0.25) is 0 Å². The van der Waals surface area contributed by atoms with Gasteiger partial charge in [-0.3, -0.25) is 4.98 Å². The van der Waals surface area contributed by atoms with E-state index in [1.165, 1.54) is 18.3 Å². The van der Waals surface area contributed by atoms with E-state index in [1.54, 1.807) is 11.6 Å². The molecule has 0 fully saturated rings. The highest BCUT2D eigenvalue weighted by Crippen LogP contribution is 2.27. The second-order valence-electron chi connectivity index (χ2n) is 4.82. The molecule has 0 bridgehead atoms. The molecule has 2 N–H and O–H groups in total. The van der Waals surface area contributed by atoms with E-state index in [9.17, 15) is 15.7 Å². The van der Waals surface area contributed by atoms with Gasteiger partial charge in [0.15, 0.2) is 11.6 Å². The number of quaternary nitrogens is 1. The van der Waals surface area contributed by atoms with Gasteiger partial charge >= 0.3 is 0 Å². The molecule has 2 heterocycles. The number of nitrogens with zero attached hydrogens (tertiary/aromatic N) is 4. The van der Waals surface area contributed by atoms with Gasteiger partial charge in [-0.1, -0.05) is 12.1 Å². The lowest BCUT2D eigenvalue weighted by atomic mass is 10.0. The van der Waals surface area contributed by atoms with Crippen LogP contribution in [0.5, 0.6) is 0 Å². The van der Waals surface area contributed by atoms with E-state index >= 15 is 0 Å². The van der Waals surface area contributed by atoms with Crippen molar-refractivity contribution in [3.05, 3.63) is 59.3 Å². The van der Waals surface area contributed by atoms with E-state index in [4.69, 9.17) is 0 Å². The Balaban J connectivity index is 2.20. The summed E-state index contributed by atoms with van der Waals surface area (Å²) in [5, 5.41) is 29.1. The number of nitrogens with one attached hydrogen (secondary N) is 1. The van der Waals surface area contributed by atoms with Crippen LogP contribution in [0.3, 0.4) is 0 Å². The van der Waals surface area contributed by atoms with E-state index in [0.717, 1.165) is 11.0 Å². The van der Waals surface area contributed by atoms with Crippen LogP contribution in [-0.2, 0) is 7.05 Å². The van der Waals surface area contributed by atoms with Crippen molar-refractivity contribution in [1.29, 1.82) is 5.26 Å². The third-order valence-corrected chi connectivity index (χ3v) is 3.55. The maximum Gasteiger partial charge on any atom is 0.187 e. The van der Waals surface area contributed by atoms with Crippen LogP contribution >= 0.6 is 0 Å². The van der Waals surface area contributed by atoms with Gasteiger partial charge in [-0.2, -0.15) is 10.5 Å². The molecule has 7 heteroatoms. The third kappa shape index (κ3) is 2.21. The number of fused-ring (bicyclic) bond motifs is 1. The number of imidazole rings is 1. The molecule has 0 saturated carbocycles. The monoisotopic (exact) mass is 295 g/mol. The van der Waals surface area contributed by atoms with E-state index in [2.05, 4.69) is 16.0 Å². The third-order valence-electron chi connectivity index (χ3n) is 3.55. The van der Waals surface area contributed by atoms with Crippen molar-refractivity contribution in [3.63, 3.8) is 0 Å². The molecule has 0 aliphatic rings. The molecule has 0 amide bonds. The number of para-hydroxylation sites is 2. The first-order valence-corrected chi connectivity index (χ1v) is 6.62. The Hall–Kier alpha value is -2.79. The van der Waals surface area contributed by atoms with E-state index in [-0.39, 0.29) is 11.4 Å². The molecule has 110 valence electrons. The first-order valence-electron chi connectivity index (χ1n) is 6.62. The molecule has 1 unspecified atom stereocenters. The highest BCUT2D eigenvalue weighted by Gasteiger charge is 2.26. The zero-order valence-electron chi connectivity index (χ0n) is 11.8. The molecule has 3 aromatic rings. The molecule has 0 spiro atoms. The Morgan fingerprint density at radius 1 is 1.32 bits per heavy atom. The van der Waals surface area contributed by atoms with Crippen LogP contribution < -0.4 is 5.23 Å². The smallest absolute Gasteiger partial charge is 0.187 e. The molecule has 22 heavy (non-hydrogen) atoms. The van der Waals surface area contributed by atoms with Crippen LogP contribution in [0.2, 0.25) is 0 Å². The van der Waals surface area contributed by atoms with Gasteiger partial charge in [0.05, 0.1) is 17.1 Å². The molecule has 2 aromatic heterocycles. The Labute approximate surface area is 126 Å². The Bertz CT molecular complexity index is 866. The van der Waals surface area contributed by atoms with Crippen LogP contribution in [0.1, 0.15) is 17.4 Å². The number of hydrogen-bond acceptors (Lipinski definition) is 5. The minimum absolute atomic E-state index is 0.0149. The van der Waals surface area contributed by atoms with Crippen LogP contribution in [0.15, 0.2) is 42.6 Å². The summed E-state index contributed by atoms with van der Waals surface area (Å²) in [5.41, 5.74) is 1.86. The van der Waals surface area contributed by atoms with Crippen molar-refractivity contribution in [2.24, 2.45) is 7.05 Å². The normalized spacial score (nSPS) is 13.7. The SMILES string of the molecule is Cn1c([C@H](C#N)c2ncccc2[NH+]([O-])O)nc2ccccc21. The van der Waals surface area contributed by atoms with Gasteiger partial charge in [0.25, 0.3) is 0 Å². The minimum Gasteiger partial charge on any atom is -0.595 e. The van der Waals surface area contributed by atoms with Gasteiger partial charge in [-0.25, -0.2) is 10.2 Å². The van der Waals surface area contributed by atoms with E-state index in [0.29, 0.717) is 5.82 Å². The van der Waals surface area contributed by atoms with E-state index in [1.807, 2.05) is 24.3 Å². The number of aromatic nitrogens is 3. The maximum absolute atomic E-state index is 11.4. The molecule has 0 aliphatic heterocycles. The summed E-state index contributed by atoms with van der Waals surface area (Å²) in [7, 11) is 1.80. The van der Waals surface area contributed by atoms with Gasteiger partial charge < -0.3 is 9.77 Å². The van der Waals surface area contributed by atoms with Crippen molar-refractivity contribution in [1.82, 2.24) is 14.5 Å². The molecule has 0 radical (unpaired) electrons. The predicted octanol–water partition coefficient (Wildman–Crippen LogP) is 1.03. The highest BCUT2D eigenvalue weighted by atomic mass is 16.8. The Kier molecular flexibility index (Phi) is 3.56. The molecular formula is C15H13N5O2. The van der Waals surface area contributed by atoms with Crippen LogP contribution in [0.4, 0.5) is 5.69 Å². The summed E-state index contributed by atoms with van der Waals surface area (Å²) in [6.07, 6.45) is 1.48. The fourth-order valence-corrected chi connectivity index (χ4v) is 2.49. The second-order valence-corrected chi connectivity index (χ2v) is 4.82. The Morgan fingerprint density at radius 2 is 2.09 bits per heavy atom.